The lowest BCUT2D eigenvalue weighted by atomic mass is 10.0. The number of rotatable bonds is 3. The van der Waals surface area contributed by atoms with Crippen molar-refractivity contribution in [2.45, 2.75) is 25.9 Å². The van der Waals surface area contributed by atoms with Crippen LogP contribution in [0.2, 0.25) is 0 Å². The summed E-state index contributed by atoms with van der Waals surface area (Å²) in [5.74, 6) is -0.482. The number of hydrogen-bond donors (Lipinski definition) is 2. The predicted molar refractivity (Wildman–Crippen MR) is 70.1 cm³/mol. The SMILES string of the molecule is CC1(C)CN(Cc2ccc(C(N)=O)nc2)CCN1. The molecule has 1 aromatic heterocycles. The Hall–Kier alpha value is -1.46. The van der Waals surface area contributed by atoms with Crippen LogP contribution in [0.3, 0.4) is 0 Å². The van der Waals surface area contributed by atoms with E-state index in [2.05, 4.69) is 29.0 Å². The highest BCUT2D eigenvalue weighted by Crippen LogP contribution is 2.13. The van der Waals surface area contributed by atoms with Crippen molar-refractivity contribution in [2.75, 3.05) is 19.6 Å². The van der Waals surface area contributed by atoms with Crippen molar-refractivity contribution in [3.8, 4) is 0 Å². The fourth-order valence-electron chi connectivity index (χ4n) is 2.30. The Balaban J connectivity index is 1.99. The first kappa shape index (κ1) is 13.0. The highest BCUT2D eigenvalue weighted by atomic mass is 16.1. The van der Waals surface area contributed by atoms with Gasteiger partial charge in [-0.05, 0) is 25.5 Å². The summed E-state index contributed by atoms with van der Waals surface area (Å²) in [6.45, 7) is 8.30. The average Bonchev–Trinajstić information content (AvgIpc) is 2.28. The van der Waals surface area contributed by atoms with E-state index < -0.39 is 5.91 Å². The molecular formula is C13H20N4O. The van der Waals surface area contributed by atoms with Crippen molar-refractivity contribution in [2.24, 2.45) is 5.73 Å². The lowest BCUT2D eigenvalue weighted by Crippen LogP contribution is -2.56. The monoisotopic (exact) mass is 248 g/mol. The summed E-state index contributed by atoms with van der Waals surface area (Å²) in [6, 6.07) is 3.60. The Morgan fingerprint density at radius 1 is 1.56 bits per heavy atom. The van der Waals surface area contributed by atoms with Crippen LogP contribution >= 0.6 is 0 Å². The first-order valence-corrected chi connectivity index (χ1v) is 6.18. The highest BCUT2D eigenvalue weighted by molar-refractivity contribution is 5.90. The number of nitrogens with one attached hydrogen (secondary N) is 1. The molecule has 0 radical (unpaired) electrons. The molecule has 5 heteroatoms. The summed E-state index contributed by atoms with van der Waals surface area (Å²) >= 11 is 0. The van der Waals surface area contributed by atoms with E-state index in [1.165, 1.54) is 0 Å². The lowest BCUT2D eigenvalue weighted by Gasteiger charge is -2.39. The van der Waals surface area contributed by atoms with Gasteiger partial charge in [-0.3, -0.25) is 14.7 Å². The van der Waals surface area contributed by atoms with Gasteiger partial charge in [-0.1, -0.05) is 6.07 Å². The van der Waals surface area contributed by atoms with Crippen molar-refractivity contribution >= 4 is 5.91 Å². The van der Waals surface area contributed by atoms with E-state index in [0.29, 0.717) is 5.69 Å². The Morgan fingerprint density at radius 2 is 2.33 bits per heavy atom. The topological polar surface area (TPSA) is 71.2 Å². The molecule has 0 atom stereocenters. The maximum Gasteiger partial charge on any atom is 0.267 e. The van der Waals surface area contributed by atoms with Gasteiger partial charge in [0.05, 0.1) is 0 Å². The fraction of sp³-hybridized carbons (Fsp3) is 0.538. The minimum absolute atomic E-state index is 0.152. The summed E-state index contributed by atoms with van der Waals surface area (Å²) < 4.78 is 0. The molecule has 1 fully saturated rings. The zero-order valence-electron chi connectivity index (χ0n) is 10.9. The van der Waals surface area contributed by atoms with Crippen LogP contribution in [0.5, 0.6) is 0 Å². The Morgan fingerprint density at radius 3 is 2.89 bits per heavy atom. The number of amides is 1. The van der Waals surface area contributed by atoms with Gasteiger partial charge >= 0.3 is 0 Å². The van der Waals surface area contributed by atoms with E-state index >= 15 is 0 Å². The zero-order valence-corrected chi connectivity index (χ0v) is 10.9. The van der Waals surface area contributed by atoms with E-state index in [4.69, 9.17) is 5.73 Å². The molecule has 0 unspecified atom stereocenters. The summed E-state index contributed by atoms with van der Waals surface area (Å²) in [6.07, 6.45) is 1.73. The van der Waals surface area contributed by atoms with Crippen molar-refractivity contribution < 1.29 is 4.79 Å². The Bertz CT molecular complexity index is 427. The molecule has 0 saturated carbocycles. The quantitative estimate of drug-likeness (QED) is 0.810. The average molecular weight is 248 g/mol. The van der Waals surface area contributed by atoms with Gasteiger partial charge < -0.3 is 11.1 Å². The maximum atomic E-state index is 10.9. The zero-order chi connectivity index (χ0) is 13.2. The normalized spacial score (nSPS) is 19.7. The fourth-order valence-corrected chi connectivity index (χ4v) is 2.30. The number of primary amides is 1. The van der Waals surface area contributed by atoms with Crippen LogP contribution in [0.1, 0.15) is 29.9 Å². The number of hydrogen-bond acceptors (Lipinski definition) is 4. The van der Waals surface area contributed by atoms with Gasteiger partial charge in [-0.2, -0.15) is 0 Å². The van der Waals surface area contributed by atoms with E-state index in [9.17, 15) is 4.79 Å². The molecular weight excluding hydrogens is 228 g/mol. The molecule has 3 N–H and O–H groups in total. The molecule has 98 valence electrons. The summed E-state index contributed by atoms with van der Waals surface area (Å²) in [4.78, 5) is 17.4. The van der Waals surface area contributed by atoms with Crippen LogP contribution in [-0.2, 0) is 6.54 Å². The van der Waals surface area contributed by atoms with Crippen LogP contribution in [0.4, 0.5) is 0 Å². The molecule has 1 saturated heterocycles. The van der Waals surface area contributed by atoms with Gasteiger partial charge in [0.25, 0.3) is 5.91 Å². The molecule has 18 heavy (non-hydrogen) atoms. The molecule has 5 nitrogen and oxygen atoms in total. The maximum absolute atomic E-state index is 10.9. The molecule has 1 aliphatic rings. The van der Waals surface area contributed by atoms with Crippen LogP contribution in [0.25, 0.3) is 0 Å². The third-order valence-corrected chi connectivity index (χ3v) is 3.13. The van der Waals surface area contributed by atoms with Gasteiger partial charge in [0, 0.05) is 37.9 Å². The number of nitrogens with zero attached hydrogens (tertiary/aromatic N) is 2. The number of piperazine rings is 1. The van der Waals surface area contributed by atoms with Crippen molar-refractivity contribution in [3.05, 3.63) is 29.6 Å². The molecule has 2 heterocycles. The standard InChI is InChI=1S/C13H20N4O/c1-13(2)9-17(6-5-16-13)8-10-3-4-11(12(14)18)15-7-10/h3-4,7,16H,5-6,8-9H2,1-2H3,(H2,14,18). The highest BCUT2D eigenvalue weighted by Gasteiger charge is 2.25. The van der Waals surface area contributed by atoms with Crippen LogP contribution in [-0.4, -0.2) is 41.0 Å². The van der Waals surface area contributed by atoms with Crippen LogP contribution < -0.4 is 11.1 Å². The summed E-state index contributed by atoms with van der Waals surface area (Å²) in [5, 5.41) is 3.48. The third-order valence-electron chi connectivity index (χ3n) is 3.13. The second kappa shape index (κ2) is 5.04. The van der Waals surface area contributed by atoms with Crippen molar-refractivity contribution in [1.29, 1.82) is 0 Å². The number of carbonyl (C=O) groups is 1. The second-order valence-corrected chi connectivity index (χ2v) is 5.44. The minimum atomic E-state index is -0.482. The van der Waals surface area contributed by atoms with Gasteiger partial charge in [-0.25, -0.2) is 0 Å². The predicted octanol–water partition coefficient (Wildman–Crippen LogP) is 0.364. The first-order chi connectivity index (χ1) is 8.46. The minimum Gasteiger partial charge on any atom is -0.364 e. The van der Waals surface area contributed by atoms with E-state index in [-0.39, 0.29) is 5.54 Å². The van der Waals surface area contributed by atoms with Gasteiger partial charge in [-0.15, -0.1) is 0 Å². The van der Waals surface area contributed by atoms with Gasteiger partial charge in [0.2, 0.25) is 0 Å². The van der Waals surface area contributed by atoms with E-state index in [0.717, 1.165) is 31.7 Å². The summed E-state index contributed by atoms with van der Waals surface area (Å²) in [7, 11) is 0. The van der Waals surface area contributed by atoms with Gasteiger partial charge in [0.1, 0.15) is 5.69 Å². The molecule has 0 aromatic carbocycles. The molecule has 1 aromatic rings. The van der Waals surface area contributed by atoms with Crippen molar-refractivity contribution in [1.82, 2.24) is 15.2 Å². The van der Waals surface area contributed by atoms with E-state index in [1.54, 1.807) is 12.3 Å². The largest absolute Gasteiger partial charge is 0.364 e. The third kappa shape index (κ3) is 3.27. The van der Waals surface area contributed by atoms with Crippen LogP contribution in [0.15, 0.2) is 18.3 Å². The van der Waals surface area contributed by atoms with Crippen molar-refractivity contribution in [3.63, 3.8) is 0 Å². The first-order valence-electron chi connectivity index (χ1n) is 6.18. The Kier molecular flexibility index (Phi) is 3.63. The molecule has 2 rings (SSSR count). The Labute approximate surface area is 107 Å². The number of aromatic nitrogens is 1. The number of pyridine rings is 1. The smallest absolute Gasteiger partial charge is 0.267 e. The molecule has 0 spiro atoms. The lowest BCUT2D eigenvalue weighted by molar-refractivity contribution is 0.0995. The summed E-state index contributed by atoms with van der Waals surface area (Å²) in [5.41, 5.74) is 6.74. The van der Waals surface area contributed by atoms with Crippen LogP contribution in [0, 0.1) is 0 Å². The number of carbonyl (C=O) groups excluding carboxylic acids is 1. The molecule has 1 amide bonds. The second-order valence-electron chi connectivity index (χ2n) is 5.44. The molecule has 0 aliphatic carbocycles. The molecule has 0 bridgehead atoms. The van der Waals surface area contributed by atoms with E-state index in [1.807, 2.05) is 6.07 Å². The molecule has 1 aliphatic heterocycles. The number of nitrogens with two attached hydrogens (primary N) is 1. The van der Waals surface area contributed by atoms with Gasteiger partial charge in [0.15, 0.2) is 0 Å².